The molecule has 2 heterocycles. The number of amides is 1. The van der Waals surface area contributed by atoms with Crippen molar-refractivity contribution in [2.75, 3.05) is 23.3 Å². The monoisotopic (exact) mass is 389 g/mol. The molecule has 0 saturated carbocycles. The molecular formula is C18H23N5O3S. The lowest BCUT2D eigenvalue weighted by Crippen LogP contribution is -2.38. The van der Waals surface area contributed by atoms with Gasteiger partial charge in [0.2, 0.25) is 11.0 Å². The van der Waals surface area contributed by atoms with Gasteiger partial charge in [0.25, 0.3) is 5.69 Å². The number of nitrogens with zero attached hydrogens (tertiary/aromatic N) is 4. The highest BCUT2D eigenvalue weighted by molar-refractivity contribution is 7.15. The lowest BCUT2D eigenvalue weighted by Gasteiger charge is -2.32. The van der Waals surface area contributed by atoms with Gasteiger partial charge in [-0.05, 0) is 24.8 Å². The van der Waals surface area contributed by atoms with E-state index in [4.69, 9.17) is 0 Å². The first-order chi connectivity index (χ1) is 12.9. The fourth-order valence-corrected chi connectivity index (χ4v) is 4.17. The fraction of sp³-hybridized carbons (Fsp3) is 0.500. The van der Waals surface area contributed by atoms with Gasteiger partial charge in [-0.2, -0.15) is 0 Å². The molecule has 0 unspecified atom stereocenters. The average molecular weight is 389 g/mol. The Morgan fingerprint density at radius 1 is 1.33 bits per heavy atom. The van der Waals surface area contributed by atoms with Crippen LogP contribution in [0.2, 0.25) is 0 Å². The molecule has 1 amide bonds. The SMILES string of the molecule is CC(C)Cc1nnc(NC(=O)C2CCN(c3ccccc3[N+](=O)[O-])CC2)s1. The third kappa shape index (κ3) is 4.79. The number of benzene rings is 1. The van der Waals surface area contributed by atoms with Gasteiger partial charge in [-0.15, -0.1) is 10.2 Å². The molecule has 2 aromatic rings. The number of carbonyl (C=O) groups is 1. The van der Waals surface area contributed by atoms with E-state index in [1.54, 1.807) is 18.2 Å². The highest BCUT2D eigenvalue weighted by atomic mass is 32.1. The van der Waals surface area contributed by atoms with Gasteiger partial charge >= 0.3 is 0 Å². The highest BCUT2D eigenvalue weighted by Gasteiger charge is 2.28. The van der Waals surface area contributed by atoms with Crippen LogP contribution in [0.4, 0.5) is 16.5 Å². The van der Waals surface area contributed by atoms with Gasteiger partial charge in [0.1, 0.15) is 10.7 Å². The molecule has 0 bridgehead atoms. The van der Waals surface area contributed by atoms with Crippen molar-refractivity contribution in [2.24, 2.45) is 11.8 Å². The van der Waals surface area contributed by atoms with Crippen molar-refractivity contribution in [1.29, 1.82) is 0 Å². The van der Waals surface area contributed by atoms with Crippen molar-refractivity contribution < 1.29 is 9.72 Å². The van der Waals surface area contributed by atoms with E-state index in [0.29, 0.717) is 42.7 Å². The number of para-hydroxylation sites is 2. The van der Waals surface area contributed by atoms with Crippen LogP contribution in [0, 0.1) is 22.0 Å². The highest BCUT2D eigenvalue weighted by Crippen LogP contribution is 2.31. The zero-order valence-corrected chi connectivity index (χ0v) is 16.2. The summed E-state index contributed by atoms with van der Waals surface area (Å²) in [5.41, 5.74) is 0.718. The zero-order chi connectivity index (χ0) is 19.4. The van der Waals surface area contributed by atoms with Gasteiger partial charge < -0.3 is 10.2 Å². The summed E-state index contributed by atoms with van der Waals surface area (Å²) >= 11 is 1.42. The Morgan fingerprint density at radius 3 is 2.70 bits per heavy atom. The summed E-state index contributed by atoms with van der Waals surface area (Å²) in [6.45, 7) is 5.45. The molecule has 1 aliphatic heterocycles. The number of nitrogens with one attached hydrogen (secondary N) is 1. The number of carbonyl (C=O) groups excluding carboxylic acids is 1. The predicted molar refractivity (Wildman–Crippen MR) is 105 cm³/mol. The Labute approximate surface area is 161 Å². The second kappa shape index (κ2) is 8.43. The normalized spacial score (nSPS) is 15.1. The van der Waals surface area contributed by atoms with Crippen molar-refractivity contribution in [1.82, 2.24) is 10.2 Å². The summed E-state index contributed by atoms with van der Waals surface area (Å²) in [6.07, 6.45) is 2.15. The molecule has 0 atom stereocenters. The minimum Gasteiger partial charge on any atom is -0.366 e. The number of hydrogen-bond acceptors (Lipinski definition) is 7. The number of piperidine rings is 1. The van der Waals surface area contributed by atoms with Gasteiger partial charge in [-0.1, -0.05) is 37.3 Å². The number of anilines is 2. The molecule has 1 fully saturated rings. The predicted octanol–water partition coefficient (Wildman–Crippen LogP) is 3.50. The lowest BCUT2D eigenvalue weighted by atomic mass is 9.95. The van der Waals surface area contributed by atoms with Crippen LogP contribution in [0.25, 0.3) is 0 Å². The number of nitro groups is 1. The molecule has 1 saturated heterocycles. The Bertz CT molecular complexity index is 815. The van der Waals surface area contributed by atoms with Gasteiger partial charge in [-0.25, -0.2) is 0 Å². The molecule has 1 N–H and O–H groups in total. The van der Waals surface area contributed by atoms with Crippen LogP contribution in [0.3, 0.4) is 0 Å². The van der Waals surface area contributed by atoms with E-state index in [-0.39, 0.29) is 22.4 Å². The summed E-state index contributed by atoms with van der Waals surface area (Å²) in [7, 11) is 0. The van der Waals surface area contributed by atoms with Gasteiger partial charge in [0, 0.05) is 31.5 Å². The van der Waals surface area contributed by atoms with E-state index in [0.717, 1.165) is 11.4 Å². The molecule has 9 heteroatoms. The molecule has 144 valence electrons. The summed E-state index contributed by atoms with van der Waals surface area (Å²) < 4.78 is 0. The maximum absolute atomic E-state index is 12.5. The quantitative estimate of drug-likeness (QED) is 0.599. The van der Waals surface area contributed by atoms with Crippen LogP contribution in [0.15, 0.2) is 24.3 Å². The summed E-state index contributed by atoms with van der Waals surface area (Å²) in [5.74, 6) is 0.318. The molecule has 3 rings (SSSR count). The smallest absolute Gasteiger partial charge is 0.292 e. The largest absolute Gasteiger partial charge is 0.366 e. The third-order valence-electron chi connectivity index (χ3n) is 4.56. The lowest BCUT2D eigenvalue weighted by molar-refractivity contribution is -0.384. The van der Waals surface area contributed by atoms with Crippen molar-refractivity contribution in [3.8, 4) is 0 Å². The van der Waals surface area contributed by atoms with E-state index in [1.807, 2.05) is 4.90 Å². The van der Waals surface area contributed by atoms with Crippen molar-refractivity contribution in [2.45, 2.75) is 33.1 Å². The van der Waals surface area contributed by atoms with E-state index in [2.05, 4.69) is 29.4 Å². The topological polar surface area (TPSA) is 101 Å². The summed E-state index contributed by atoms with van der Waals surface area (Å²) in [6, 6.07) is 6.73. The first-order valence-corrected chi connectivity index (χ1v) is 9.87. The second-order valence-electron chi connectivity index (χ2n) is 7.10. The maximum atomic E-state index is 12.5. The van der Waals surface area contributed by atoms with E-state index in [1.165, 1.54) is 17.4 Å². The number of rotatable bonds is 6. The van der Waals surface area contributed by atoms with E-state index >= 15 is 0 Å². The van der Waals surface area contributed by atoms with Crippen LogP contribution in [0.1, 0.15) is 31.7 Å². The summed E-state index contributed by atoms with van der Waals surface area (Å²) in [5, 5.41) is 23.7. The van der Waals surface area contributed by atoms with E-state index < -0.39 is 0 Å². The fourth-order valence-electron chi connectivity index (χ4n) is 3.21. The molecule has 1 aromatic heterocycles. The molecule has 0 aliphatic carbocycles. The molecule has 8 nitrogen and oxygen atoms in total. The Hall–Kier alpha value is -2.55. The number of hydrogen-bond donors (Lipinski definition) is 1. The van der Waals surface area contributed by atoms with Crippen LogP contribution in [-0.2, 0) is 11.2 Å². The standard InChI is InChI=1S/C18H23N5O3S/c1-12(2)11-16-20-21-18(27-16)19-17(24)13-7-9-22(10-8-13)14-5-3-4-6-15(14)23(25)26/h3-6,12-13H,7-11H2,1-2H3,(H,19,21,24). The Kier molecular flexibility index (Phi) is 6.00. The van der Waals surface area contributed by atoms with Crippen LogP contribution in [0.5, 0.6) is 0 Å². The molecule has 27 heavy (non-hydrogen) atoms. The molecular weight excluding hydrogens is 366 g/mol. The zero-order valence-electron chi connectivity index (χ0n) is 15.4. The molecule has 1 aromatic carbocycles. The van der Waals surface area contributed by atoms with Gasteiger partial charge in [0.05, 0.1) is 4.92 Å². The molecule has 0 spiro atoms. The van der Waals surface area contributed by atoms with Crippen LogP contribution >= 0.6 is 11.3 Å². The van der Waals surface area contributed by atoms with Crippen LogP contribution < -0.4 is 10.2 Å². The molecule has 0 radical (unpaired) electrons. The van der Waals surface area contributed by atoms with Crippen molar-refractivity contribution in [3.05, 3.63) is 39.4 Å². The van der Waals surface area contributed by atoms with E-state index in [9.17, 15) is 14.9 Å². The van der Waals surface area contributed by atoms with Crippen molar-refractivity contribution >= 4 is 33.8 Å². The van der Waals surface area contributed by atoms with Crippen molar-refractivity contribution in [3.63, 3.8) is 0 Å². The van der Waals surface area contributed by atoms with Crippen LogP contribution in [-0.4, -0.2) is 34.1 Å². The third-order valence-corrected chi connectivity index (χ3v) is 5.43. The molecule has 1 aliphatic rings. The summed E-state index contributed by atoms with van der Waals surface area (Å²) in [4.78, 5) is 25.3. The average Bonchev–Trinajstić information content (AvgIpc) is 3.07. The van der Waals surface area contributed by atoms with Gasteiger partial charge in [-0.3, -0.25) is 14.9 Å². The minimum absolute atomic E-state index is 0.0514. The number of aromatic nitrogens is 2. The maximum Gasteiger partial charge on any atom is 0.292 e. The minimum atomic E-state index is -0.363. The first kappa shape index (κ1) is 19.2. The first-order valence-electron chi connectivity index (χ1n) is 9.05. The number of nitro benzene ring substituents is 1. The van der Waals surface area contributed by atoms with Gasteiger partial charge in [0.15, 0.2) is 0 Å². The Balaban J connectivity index is 1.57. The second-order valence-corrected chi connectivity index (χ2v) is 8.16. The Morgan fingerprint density at radius 2 is 2.04 bits per heavy atom.